The van der Waals surface area contributed by atoms with Crippen molar-refractivity contribution in [2.24, 2.45) is 11.6 Å². The van der Waals surface area contributed by atoms with Gasteiger partial charge in [-0.25, -0.2) is 10.2 Å². The molecule has 1 fully saturated rings. The first-order valence-corrected chi connectivity index (χ1v) is 13.1. The smallest absolute Gasteiger partial charge is 0.141 e. The number of hydrazine groups is 1. The van der Waals surface area contributed by atoms with Crippen LogP contribution in [0.1, 0.15) is 68.2 Å². The lowest BCUT2D eigenvalue weighted by atomic mass is 9.90. The number of rotatable bonds is 4. The predicted molar refractivity (Wildman–Crippen MR) is 143 cm³/mol. The molecule has 5 rings (SSSR count). The van der Waals surface area contributed by atoms with Crippen LogP contribution in [0.2, 0.25) is 5.02 Å². The van der Waals surface area contributed by atoms with Gasteiger partial charge < -0.3 is 16.1 Å². The Hall–Kier alpha value is -2.54. The third-order valence-electron chi connectivity index (χ3n) is 7.71. The van der Waals surface area contributed by atoms with E-state index in [4.69, 9.17) is 23.2 Å². The average Bonchev–Trinajstić information content (AvgIpc) is 3.35. The van der Waals surface area contributed by atoms with Crippen molar-refractivity contribution in [1.82, 2.24) is 9.91 Å². The van der Waals surface area contributed by atoms with Crippen LogP contribution in [0.4, 0.5) is 10.1 Å². The van der Waals surface area contributed by atoms with Crippen molar-refractivity contribution in [3.8, 4) is 0 Å². The molecule has 5 N–H and O–H groups in total. The summed E-state index contributed by atoms with van der Waals surface area (Å²) in [5.74, 6) is 6.01. The van der Waals surface area contributed by atoms with Crippen LogP contribution in [0, 0.1) is 5.82 Å². The first-order chi connectivity index (χ1) is 16.9. The van der Waals surface area contributed by atoms with E-state index in [0.717, 1.165) is 54.5 Å². The summed E-state index contributed by atoms with van der Waals surface area (Å²) in [6, 6.07) is 12.1. The van der Waals surface area contributed by atoms with Crippen LogP contribution in [0.15, 0.2) is 48.2 Å². The van der Waals surface area contributed by atoms with Gasteiger partial charge in [-0.3, -0.25) is 4.90 Å². The van der Waals surface area contributed by atoms with Crippen molar-refractivity contribution in [3.63, 3.8) is 0 Å². The third-order valence-corrected chi connectivity index (χ3v) is 8.00. The lowest BCUT2D eigenvalue weighted by Gasteiger charge is -2.32. The highest BCUT2D eigenvalue weighted by molar-refractivity contribution is 6.31. The standard InChI is InChI=1S/C28H35ClFN5/c1-18(31)28-23-8-6-20(19-10-13-34(14-11-19)22-4-2-3-5-22)16-24(23)27(12-15-35(28)32)33-21-7-9-26(30)25(29)17-21/h6-10,16-17,22,27,33H,2-5,11-15,31-32H2,1H3/b28-18-. The fourth-order valence-electron chi connectivity index (χ4n) is 5.88. The molecule has 3 aliphatic rings. The highest BCUT2D eigenvalue weighted by Gasteiger charge is 2.28. The summed E-state index contributed by atoms with van der Waals surface area (Å²) >= 11 is 6.06. The van der Waals surface area contributed by atoms with Crippen LogP contribution in [-0.2, 0) is 0 Å². The van der Waals surface area contributed by atoms with Gasteiger partial charge in [-0.2, -0.15) is 0 Å². The van der Waals surface area contributed by atoms with E-state index in [1.54, 1.807) is 17.1 Å². The van der Waals surface area contributed by atoms with E-state index < -0.39 is 5.82 Å². The molecule has 7 heteroatoms. The molecule has 1 saturated carbocycles. The molecule has 1 aliphatic carbocycles. The molecule has 1 unspecified atom stereocenters. The van der Waals surface area contributed by atoms with Crippen LogP contribution >= 0.6 is 11.6 Å². The minimum atomic E-state index is -0.422. The van der Waals surface area contributed by atoms with Gasteiger partial charge in [0.2, 0.25) is 0 Å². The fourth-order valence-corrected chi connectivity index (χ4v) is 6.06. The maximum absolute atomic E-state index is 13.7. The number of halogens is 2. The van der Waals surface area contributed by atoms with E-state index >= 15 is 0 Å². The topological polar surface area (TPSA) is 70.5 Å². The van der Waals surface area contributed by atoms with E-state index in [1.165, 1.54) is 42.9 Å². The number of hydrogen-bond donors (Lipinski definition) is 3. The summed E-state index contributed by atoms with van der Waals surface area (Å²) in [5.41, 5.74) is 13.4. The van der Waals surface area contributed by atoms with Crippen LogP contribution < -0.4 is 16.9 Å². The lowest BCUT2D eigenvalue weighted by molar-refractivity contribution is 0.219. The molecule has 2 aromatic rings. The van der Waals surface area contributed by atoms with Crippen molar-refractivity contribution in [3.05, 3.63) is 75.7 Å². The first kappa shape index (κ1) is 24.2. The van der Waals surface area contributed by atoms with Crippen LogP contribution in [0.5, 0.6) is 0 Å². The maximum atomic E-state index is 13.7. The second-order valence-electron chi connectivity index (χ2n) is 10.1. The molecule has 0 spiro atoms. The molecule has 2 aliphatic heterocycles. The van der Waals surface area contributed by atoms with E-state index in [1.807, 2.05) is 6.92 Å². The van der Waals surface area contributed by atoms with E-state index in [-0.39, 0.29) is 11.1 Å². The largest absolute Gasteiger partial charge is 0.401 e. The number of fused-ring (bicyclic) bond motifs is 1. The Morgan fingerprint density at radius 2 is 1.89 bits per heavy atom. The van der Waals surface area contributed by atoms with Gasteiger partial charge in [0.1, 0.15) is 5.82 Å². The van der Waals surface area contributed by atoms with Crippen molar-refractivity contribution in [2.75, 3.05) is 25.0 Å². The highest BCUT2D eigenvalue weighted by atomic mass is 35.5. The third kappa shape index (κ3) is 5.06. The molecule has 0 radical (unpaired) electrons. The second kappa shape index (κ2) is 10.2. The van der Waals surface area contributed by atoms with E-state index in [9.17, 15) is 4.39 Å². The van der Waals surface area contributed by atoms with Gasteiger partial charge in [0.05, 0.1) is 16.8 Å². The van der Waals surface area contributed by atoms with Gasteiger partial charge in [0, 0.05) is 42.6 Å². The Morgan fingerprint density at radius 1 is 1.09 bits per heavy atom. The van der Waals surface area contributed by atoms with Crippen molar-refractivity contribution in [1.29, 1.82) is 0 Å². The summed E-state index contributed by atoms with van der Waals surface area (Å²) in [4.78, 5) is 2.65. The summed E-state index contributed by atoms with van der Waals surface area (Å²) in [6.45, 7) is 4.67. The number of nitrogens with two attached hydrogens (primary N) is 2. The monoisotopic (exact) mass is 495 g/mol. The Balaban J connectivity index is 1.48. The zero-order valence-electron chi connectivity index (χ0n) is 20.4. The quantitative estimate of drug-likeness (QED) is 0.461. The molecule has 2 heterocycles. The molecular weight excluding hydrogens is 461 g/mol. The van der Waals surface area contributed by atoms with Gasteiger partial charge >= 0.3 is 0 Å². The molecule has 0 bridgehead atoms. The predicted octanol–water partition coefficient (Wildman–Crippen LogP) is 5.89. The molecule has 35 heavy (non-hydrogen) atoms. The number of nitrogens with one attached hydrogen (secondary N) is 1. The van der Waals surface area contributed by atoms with Gasteiger partial charge in [-0.1, -0.05) is 42.7 Å². The van der Waals surface area contributed by atoms with Crippen molar-refractivity contribution < 1.29 is 4.39 Å². The summed E-state index contributed by atoms with van der Waals surface area (Å²) in [5, 5.41) is 5.42. The first-order valence-electron chi connectivity index (χ1n) is 12.7. The van der Waals surface area contributed by atoms with Gasteiger partial charge in [-0.05, 0) is 73.6 Å². The van der Waals surface area contributed by atoms with E-state index in [2.05, 4.69) is 34.5 Å². The van der Waals surface area contributed by atoms with Crippen molar-refractivity contribution in [2.45, 2.75) is 57.5 Å². The molecular formula is C28H35ClFN5. The molecule has 2 aromatic carbocycles. The number of allylic oxidation sites excluding steroid dienone is 1. The minimum Gasteiger partial charge on any atom is -0.401 e. The Kier molecular flexibility index (Phi) is 7.05. The molecule has 0 amide bonds. The molecule has 1 atom stereocenters. The zero-order valence-corrected chi connectivity index (χ0v) is 21.1. The average molecular weight is 496 g/mol. The molecule has 0 saturated heterocycles. The Bertz CT molecular complexity index is 1150. The van der Waals surface area contributed by atoms with Crippen LogP contribution in [0.25, 0.3) is 11.3 Å². The normalized spacial score (nSPS) is 23.0. The SMILES string of the molecule is C/C(N)=C1\c2ccc(C3=CCN(C4CCCC4)CC3)cc2C(Nc2ccc(F)c(Cl)c2)CCN1N. The second-order valence-corrected chi connectivity index (χ2v) is 10.5. The maximum Gasteiger partial charge on any atom is 0.141 e. The summed E-state index contributed by atoms with van der Waals surface area (Å²) in [7, 11) is 0. The summed E-state index contributed by atoms with van der Waals surface area (Å²) < 4.78 is 13.7. The van der Waals surface area contributed by atoms with Crippen molar-refractivity contribution >= 4 is 28.6 Å². The molecule has 186 valence electrons. The lowest BCUT2D eigenvalue weighted by Crippen LogP contribution is -2.36. The minimum absolute atomic E-state index is 0.0199. The van der Waals surface area contributed by atoms with E-state index in [0.29, 0.717) is 12.2 Å². The highest BCUT2D eigenvalue weighted by Crippen LogP contribution is 2.38. The number of hydrogen-bond acceptors (Lipinski definition) is 5. The zero-order chi connectivity index (χ0) is 24.5. The number of nitrogens with zero attached hydrogens (tertiary/aromatic N) is 2. The Labute approximate surface area is 212 Å². The summed E-state index contributed by atoms with van der Waals surface area (Å²) in [6.07, 6.45) is 9.64. The van der Waals surface area contributed by atoms with Gasteiger partial charge in [0.15, 0.2) is 0 Å². The van der Waals surface area contributed by atoms with Gasteiger partial charge in [-0.15, -0.1) is 0 Å². The van der Waals surface area contributed by atoms with Crippen LogP contribution in [-0.4, -0.2) is 35.6 Å². The van der Waals surface area contributed by atoms with Gasteiger partial charge in [0.25, 0.3) is 0 Å². The van der Waals surface area contributed by atoms with Crippen LogP contribution in [0.3, 0.4) is 0 Å². The number of anilines is 1. The molecule has 0 aromatic heterocycles. The fraction of sp³-hybridized carbons (Fsp3) is 0.429. The molecule has 5 nitrogen and oxygen atoms in total. The number of benzene rings is 2. The Morgan fingerprint density at radius 3 is 2.57 bits per heavy atom.